The fraction of sp³-hybridized carbons (Fsp3) is 0. The van der Waals surface area contributed by atoms with E-state index in [1.54, 1.807) is 0 Å². The highest BCUT2D eigenvalue weighted by atomic mass is 16.3. The summed E-state index contributed by atoms with van der Waals surface area (Å²) in [5.74, 6) is 0.101. The van der Waals surface area contributed by atoms with Gasteiger partial charge in [0.05, 0.1) is 6.07 Å². The molecule has 0 aliphatic rings. The van der Waals surface area contributed by atoms with E-state index in [2.05, 4.69) is 15.1 Å². The van der Waals surface area contributed by atoms with Crippen LogP contribution in [0.3, 0.4) is 0 Å². The molecule has 0 bridgehead atoms. The molecule has 1 aromatic carbocycles. The fourth-order valence-corrected chi connectivity index (χ4v) is 1.55. The molecule has 0 aliphatic carbocycles. The molecule has 2 aromatic heterocycles. The number of aromatic hydroxyl groups is 2. The van der Waals surface area contributed by atoms with Crippen LogP contribution in [0.25, 0.3) is 17.2 Å². The third-order valence-electron chi connectivity index (χ3n) is 2.31. The zero-order valence-corrected chi connectivity index (χ0v) is 8.65. The Labute approximate surface area is 95.8 Å². The van der Waals surface area contributed by atoms with Crippen molar-refractivity contribution in [2.75, 3.05) is 0 Å². The van der Waals surface area contributed by atoms with E-state index < -0.39 is 0 Å². The van der Waals surface area contributed by atoms with Gasteiger partial charge in [0.15, 0.2) is 5.82 Å². The topological polar surface area (TPSA) is 83.5 Å². The Morgan fingerprint density at radius 3 is 2.53 bits per heavy atom. The van der Waals surface area contributed by atoms with Gasteiger partial charge in [-0.05, 0) is 0 Å². The Balaban J connectivity index is 2.24. The van der Waals surface area contributed by atoms with Crippen LogP contribution in [0.2, 0.25) is 0 Å². The molecule has 6 nitrogen and oxygen atoms in total. The maximum atomic E-state index is 9.57. The van der Waals surface area contributed by atoms with Crippen molar-refractivity contribution in [2.45, 2.75) is 0 Å². The molecule has 0 saturated heterocycles. The molecule has 0 unspecified atom stereocenters. The van der Waals surface area contributed by atoms with Gasteiger partial charge in [-0.3, -0.25) is 0 Å². The lowest BCUT2D eigenvalue weighted by molar-refractivity contribution is 0.412. The maximum Gasteiger partial charge on any atom is 0.259 e. The van der Waals surface area contributed by atoms with Gasteiger partial charge >= 0.3 is 0 Å². The highest BCUT2D eigenvalue weighted by Gasteiger charge is 2.10. The maximum absolute atomic E-state index is 9.57. The van der Waals surface area contributed by atoms with Crippen molar-refractivity contribution >= 4 is 5.78 Å². The SMILES string of the molecule is Oc1cc(O)n2nc(-c3ccccc3)nc2n1. The van der Waals surface area contributed by atoms with Crippen molar-refractivity contribution in [1.82, 2.24) is 19.6 Å². The van der Waals surface area contributed by atoms with E-state index in [0.717, 1.165) is 11.6 Å². The van der Waals surface area contributed by atoms with E-state index in [-0.39, 0.29) is 17.5 Å². The molecule has 2 N–H and O–H groups in total. The monoisotopic (exact) mass is 228 g/mol. The summed E-state index contributed by atoms with van der Waals surface area (Å²) in [7, 11) is 0. The number of benzene rings is 1. The van der Waals surface area contributed by atoms with Crippen molar-refractivity contribution in [2.24, 2.45) is 0 Å². The molecule has 3 aromatic rings. The van der Waals surface area contributed by atoms with E-state index in [1.165, 1.54) is 4.52 Å². The van der Waals surface area contributed by atoms with Crippen LogP contribution < -0.4 is 0 Å². The lowest BCUT2D eigenvalue weighted by Gasteiger charge is -1.95. The number of hydrogen-bond acceptors (Lipinski definition) is 5. The molecular weight excluding hydrogens is 220 g/mol. The van der Waals surface area contributed by atoms with Crippen molar-refractivity contribution in [3.05, 3.63) is 36.4 Å². The van der Waals surface area contributed by atoms with Crippen LogP contribution in [-0.2, 0) is 0 Å². The smallest absolute Gasteiger partial charge is 0.259 e. The number of fused-ring (bicyclic) bond motifs is 1. The molecular formula is C11H8N4O2. The Morgan fingerprint density at radius 2 is 1.76 bits per heavy atom. The van der Waals surface area contributed by atoms with E-state index in [1.807, 2.05) is 30.3 Å². The minimum atomic E-state index is -0.290. The van der Waals surface area contributed by atoms with Crippen molar-refractivity contribution in [3.8, 4) is 23.1 Å². The number of aromatic nitrogens is 4. The normalized spacial score (nSPS) is 10.8. The number of hydrogen-bond donors (Lipinski definition) is 2. The van der Waals surface area contributed by atoms with Gasteiger partial charge in [-0.1, -0.05) is 30.3 Å². The second-order valence-corrected chi connectivity index (χ2v) is 3.49. The van der Waals surface area contributed by atoms with Crippen molar-refractivity contribution in [3.63, 3.8) is 0 Å². The van der Waals surface area contributed by atoms with Crippen LogP contribution in [-0.4, -0.2) is 29.8 Å². The minimum absolute atomic E-state index is 0.154. The fourth-order valence-electron chi connectivity index (χ4n) is 1.55. The molecule has 0 spiro atoms. The van der Waals surface area contributed by atoms with Gasteiger partial charge in [0, 0.05) is 5.56 Å². The molecule has 0 radical (unpaired) electrons. The van der Waals surface area contributed by atoms with Crippen LogP contribution in [0.1, 0.15) is 0 Å². The summed E-state index contributed by atoms with van der Waals surface area (Å²) in [5, 5.41) is 22.9. The molecule has 0 amide bonds. The van der Waals surface area contributed by atoms with E-state index in [4.69, 9.17) is 0 Å². The zero-order chi connectivity index (χ0) is 11.8. The van der Waals surface area contributed by atoms with Crippen LogP contribution in [0.4, 0.5) is 0 Å². The predicted molar refractivity (Wildman–Crippen MR) is 59.5 cm³/mol. The lowest BCUT2D eigenvalue weighted by Crippen LogP contribution is -1.91. The molecule has 84 valence electrons. The minimum Gasteiger partial charge on any atom is -0.493 e. The molecule has 3 rings (SSSR count). The van der Waals surface area contributed by atoms with Crippen molar-refractivity contribution < 1.29 is 10.2 Å². The van der Waals surface area contributed by atoms with E-state index in [0.29, 0.717) is 5.82 Å². The molecule has 6 heteroatoms. The van der Waals surface area contributed by atoms with E-state index in [9.17, 15) is 10.2 Å². The summed E-state index contributed by atoms with van der Waals surface area (Å²) in [6.07, 6.45) is 0. The second-order valence-electron chi connectivity index (χ2n) is 3.49. The predicted octanol–water partition coefficient (Wildman–Crippen LogP) is 1.20. The zero-order valence-electron chi connectivity index (χ0n) is 8.65. The number of nitrogens with zero attached hydrogens (tertiary/aromatic N) is 4. The van der Waals surface area contributed by atoms with Crippen molar-refractivity contribution in [1.29, 1.82) is 0 Å². The Kier molecular flexibility index (Phi) is 1.94. The average molecular weight is 228 g/mol. The third-order valence-corrected chi connectivity index (χ3v) is 2.31. The first kappa shape index (κ1) is 9.59. The van der Waals surface area contributed by atoms with Crippen LogP contribution in [0.5, 0.6) is 11.8 Å². The van der Waals surface area contributed by atoms with Gasteiger partial charge in [-0.15, -0.1) is 5.10 Å². The van der Waals surface area contributed by atoms with Gasteiger partial charge in [0.2, 0.25) is 11.8 Å². The molecule has 17 heavy (non-hydrogen) atoms. The second kappa shape index (κ2) is 3.44. The first-order chi connectivity index (χ1) is 8.24. The molecule has 0 fully saturated rings. The van der Waals surface area contributed by atoms with Gasteiger partial charge in [-0.2, -0.15) is 14.5 Å². The quantitative estimate of drug-likeness (QED) is 0.653. The van der Waals surface area contributed by atoms with Gasteiger partial charge in [0.25, 0.3) is 5.78 Å². The molecule has 0 atom stereocenters. The Hall–Kier alpha value is -2.63. The average Bonchev–Trinajstić information content (AvgIpc) is 2.74. The lowest BCUT2D eigenvalue weighted by atomic mass is 10.2. The third kappa shape index (κ3) is 1.55. The highest BCUT2D eigenvalue weighted by Crippen LogP contribution is 2.20. The standard InChI is InChI=1S/C11H8N4O2/c16-8-6-9(17)15-11(12-8)13-10(14-15)7-4-2-1-3-5-7/h1-6,17H,(H,12,13,14,16). The molecule has 2 heterocycles. The summed E-state index contributed by atoms with van der Waals surface area (Å²) in [6, 6.07) is 10.4. The largest absolute Gasteiger partial charge is 0.493 e. The Morgan fingerprint density at radius 1 is 1.00 bits per heavy atom. The van der Waals surface area contributed by atoms with Crippen LogP contribution >= 0.6 is 0 Å². The molecule has 0 saturated carbocycles. The summed E-state index contributed by atoms with van der Waals surface area (Å²) in [4.78, 5) is 7.89. The summed E-state index contributed by atoms with van der Waals surface area (Å²) < 4.78 is 1.17. The van der Waals surface area contributed by atoms with E-state index >= 15 is 0 Å². The first-order valence-corrected chi connectivity index (χ1v) is 4.95. The summed E-state index contributed by atoms with van der Waals surface area (Å²) >= 11 is 0. The van der Waals surface area contributed by atoms with Gasteiger partial charge in [0.1, 0.15) is 0 Å². The highest BCUT2D eigenvalue weighted by molar-refractivity contribution is 5.57. The van der Waals surface area contributed by atoms with Gasteiger partial charge in [-0.25, -0.2) is 0 Å². The number of rotatable bonds is 1. The molecule has 0 aliphatic heterocycles. The van der Waals surface area contributed by atoms with Crippen LogP contribution in [0.15, 0.2) is 36.4 Å². The summed E-state index contributed by atoms with van der Waals surface area (Å²) in [5.41, 5.74) is 0.817. The first-order valence-electron chi connectivity index (χ1n) is 4.95. The van der Waals surface area contributed by atoms with Crippen LogP contribution in [0, 0.1) is 0 Å². The summed E-state index contributed by atoms with van der Waals surface area (Å²) in [6.45, 7) is 0. The van der Waals surface area contributed by atoms with Gasteiger partial charge < -0.3 is 10.2 Å². The Bertz CT molecular complexity index is 679.